The van der Waals surface area contributed by atoms with E-state index in [1.54, 1.807) is 26.2 Å². The highest BCUT2D eigenvalue weighted by Crippen LogP contribution is 2.40. The van der Waals surface area contributed by atoms with Gasteiger partial charge in [0.15, 0.2) is 5.13 Å². The second kappa shape index (κ2) is 13.1. The summed E-state index contributed by atoms with van der Waals surface area (Å²) in [4.78, 5) is 33.6. The van der Waals surface area contributed by atoms with Crippen LogP contribution in [0.15, 0.2) is 114 Å². The number of carboxylic acids is 1. The van der Waals surface area contributed by atoms with Gasteiger partial charge in [-0.05, 0) is 43.5 Å². The first-order valence-corrected chi connectivity index (χ1v) is 13.8. The summed E-state index contributed by atoms with van der Waals surface area (Å²) in [5, 5.41) is 19.3. The molecule has 8 nitrogen and oxygen atoms in total. The SMILES string of the molecule is CC(C)(C)OC(=O)/C=C/CO/N=C(\C(=O)O)c1csc(NC(c2ccccc2)(c2ccccc2)c2ccccc2)n1. The lowest BCUT2D eigenvalue weighted by molar-refractivity contribution is -0.148. The Morgan fingerprint density at radius 1 is 0.902 bits per heavy atom. The summed E-state index contributed by atoms with van der Waals surface area (Å²) in [5.74, 6) is -1.82. The van der Waals surface area contributed by atoms with Crippen LogP contribution in [-0.4, -0.2) is 39.9 Å². The van der Waals surface area contributed by atoms with Crippen LogP contribution < -0.4 is 5.32 Å². The first-order valence-electron chi connectivity index (χ1n) is 12.9. The van der Waals surface area contributed by atoms with E-state index < -0.39 is 23.1 Å². The minimum absolute atomic E-state index is 0.121. The summed E-state index contributed by atoms with van der Waals surface area (Å²) in [5.41, 5.74) is 1.31. The van der Waals surface area contributed by atoms with E-state index in [4.69, 9.17) is 9.57 Å². The lowest BCUT2D eigenvalue weighted by atomic mass is 9.77. The van der Waals surface area contributed by atoms with Crippen molar-refractivity contribution >= 4 is 34.1 Å². The maximum atomic E-state index is 12.0. The molecule has 0 spiro atoms. The van der Waals surface area contributed by atoms with Crippen molar-refractivity contribution in [1.29, 1.82) is 0 Å². The molecule has 0 aliphatic carbocycles. The molecule has 4 rings (SSSR count). The number of nitrogens with one attached hydrogen (secondary N) is 1. The molecule has 0 atom stereocenters. The summed E-state index contributed by atoms with van der Waals surface area (Å²) in [6, 6.07) is 30.0. The van der Waals surface area contributed by atoms with Crippen LogP contribution in [0.4, 0.5) is 5.13 Å². The van der Waals surface area contributed by atoms with Crippen LogP contribution in [0.1, 0.15) is 43.2 Å². The highest BCUT2D eigenvalue weighted by atomic mass is 32.1. The van der Waals surface area contributed by atoms with Gasteiger partial charge in [-0.2, -0.15) is 0 Å². The van der Waals surface area contributed by atoms with E-state index in [-0.39, 0.29) is 18.0 Å². The zero-order valence-electron chi connectivity index (χ0n) is 23.0. The topological polar surface area (TPSA) is 110 Å². The van der Waals surface area contributed by atoms with Crippen LogP contribution in [0.3, 0.4) is 0 Å². The largest absolute Gasteiger partial charge is 0.476 e. The molecule has 41 heavy (non-hydrogen) atoms. The predicted molar refractivity (Wildman–Crippen MR) is 160 cm³/mol. The zero-order valence-corrected chi connectivity index (χ0v) is 23.8. The zero-order chi connectivity index (χ0) is 29.3. The highest BCUT2D eigenvalue weighted by Gasteiger charge is 2.37. The Bertz CT molecular complexity index is 1410. The quantitative estimate of drug-likeness (QED) is 0.0549. The fourth-order valence-corrected chi connectivity index (χ4v) is 4.95. The monoisotopic (exact) mass is 569 g/mol. The van der Waals surface area contributed by atoms with Crippen molar-refractivity contribution in [3.8, 4) is 0 Å². The van der Waals surface area contributed by atoms with Crippen LogP contribution in [0.25, 0.3) is 0 Å². The summed E-state index contributed by atoms with van der Waals surface area (Å²) in [7, 11) is 0. The van der Waals surface area contributed by atoms with Crippen molar-refractivity contribution in [3.05, 3.63) is 131 Å². The molecule has 0 fully saturated rings. The second-order valence-electron chi connectivity index (χ2n) is 9.99. The number of esters is 1. The molecular formula is C32H31N3O5S. The fourth-order valence-electron chi connectivity index (χ4n) is 4.20. The van der Waals surface area contributed by atoms with Crippen molar-refractivity contribution in [2.45, 2.75) is 31.9 Å². The maximum absolute atomic E-state index is 12.0. The van der Waals surface area contributed by atoms with Gasteiger partial charge in [0.1, 0.15) is 23.4 Å². The van der Waals surface area contributed by atoms with Gasteiger partial charge in [-0.25, -0.2) is 14.6 Å². The number of hydrogen-bond donors (Lipinski definition) is 2. The number of benzene rings is 3. The minimum atomic E-state index is -1.29. The molecule has 0 aliphatic rings. The average Bonchev–Trinajstić information content (AvgIpc) is 3.41. The second-order valence-corrected chi connectivity index (χ2v) is 10.8. The van der Waals surface area contributed by atoms with E-state index in [1.807, 2.05) is 91.0 Å². The van der Waals surface area contributed by atoms with Crippen molar-refractivity contribution < 1.29 is 24.3 Å². The number of aromatic nitrogens is 1. The summed E-state index contributed by atoms with van der Waals surface area (Å²) in [6.45, 7) is 5.17. The van der Waals surface area contributed by atoms with Crippen molar-refractivity contribution in [3.63, 3.8) is 0 Å². The van der Waals surface area contributed by atoms with E-state index in [0.717, 1.165) is 16.7 Å². The normalized spacial score (nSPS) is 12.2. The molecule has 210 valence electrons. The Kier molecular flexibility index (Phi) is 9.31. The Balaban J connectivity index is 1.64. The molecule has 0 aliphatic heterocycles. The number of aliphatic carboxylic acids is 1. The van der Waals surface area contributed by atoms with E-state index in [0.29, 0.717) is 5.13 Å². The predicted octanol–water partition coefficient (Wildman–Crippen LogP) is 6.25. The van der Waals surface area contributed by atoms with Crippen LogP contribution in [-0.2, 0) is 24.7 Å². The standard InChI is InChI=1S/C32H31N3O5S/c1-31(2,3)40-27(36)20-13-21-39-35-28(29(37)38)26-22-41-30(33-26)34-32(23-14-7-4-8-15-23,24-16-9-5-10-17-24)25-18-11-6-12-19-25/h4-20,22H,21H2,1-3H3,(H,33,34)(H,37,38)/b20-13+,35-28-. The molecular weight excluding hydrogens is 538 g/mol. The molecule has 0 radical (unpaired) electrons. The van der Waals surface area contributed by atoms with Gasteiger partial charge < -0.3 is 20.0 Å². The summed E-state index contributed by atoms with van der Waals surface area (Å²) in [6.07, 6.45) is 2.61. The van der Waals surface area contributed by atoms with Gasteiger partial charge >= 0.3 is 11.9 Å². The van der Waals surface area contributed by atoms with E-state index in [9.17, 15) is 14.7 Å². The number of anilines is 1. The van der Waals surface area contributed by atoms with E-state index >= 15 is 0 Å². The number of hydrogen-bond acceptors (Lipinski definition) is 8. The molecule has 1 heterocycles. The number of rotatable bonds is 11. The van der Waals surface area contributed by atoms with Gasteiger partial charge in [0, 0.05) is 11.5 Å². The van der Waals surface area contributed by atoms with Crippen molar-refractivity contribution in [2.24, 2.45) is 5.16 Å². The van der Waals surface area contributed by atoms with Crippen LogP contribution in [0.2, 0.25) is 0 Å². The first-order chi connectivity index (χ1) is 19.7. The highest BCUT2D eigenvalue weighted by molar-refractivity contribution is 7.14. The van der Waals surface area contributed by atoms with Gasteiger partial charge in [-0.1, -0.05) is 96.2 Å². The van der Waals surface area contributed by atoms with Gasteiger partial charge in [0.2, 0.25) is 5.71 Å². The smallest absolute Gasteiger partial charge is 0.360 e. The number of nitrogens with zero attached hydrogens (tertiary/aromatic N) is 2. The van der Waals surface area contributed by atoms with E-state index in [2.05, 4.69) is 15.5 Å². The maximum Gasteiger partial charge on any atom is 0.360 e. The Morgan fingerprint density at radius 3 is 1.88 bits per heavy atom. The molecule has 0 bridgehead atoms. The molecule has 9 heteroatoms. The van der Waals surface area contributed by atoms with Gasteiger partial charge in [-0.15, -0.1) is 11.3 Å². The molecule has 2 N–H and O–H groups in total. The third kappa shape index (κ3) is 7.46. The first kappa shape index (κ1) is 29.2. The molecule has 3 aromatic carbocycles. The van der Waals surface area contributed by atoms with Crippen molar-refractivity contribution in [2.75, 3.05) is 11.9 Å². The molecule has 4 aromatic rings. The lowest BCUT2D eigenvalue weighted by Gasteiger charge is -2.36. The number of carboxylic acid groups (broad SMARTS) is 1. The summed E-state index contributed by atoms with van der Waals surface area (Å²) < 4.78 is 5.18. The number of carbonyl (C=O) groups excluding carboxylic acids is 1. The Labute approximate surface area is 243 Å². The number of thiazole rings is 1. The average molecular weight is 570 g/mol. The summed E-state index contributed by atoms with van der Waals surface area (Å²) >= 11 is 1.26. The number of ether oxygens (including phenoxy) is 1. The van der Waals surface area contributed by atoms with Crippen LogP contribution >= 0.6 is 11.3 Å². The fraction of sp³-hybridized carbons (Fsp3) is 0.188. The third-order valence-corrected chi connectivity index (χ3v) is 6.61. The van der Waals surface area contributed by atoms with Gasteiger partial charge in [-0.3, -0.25) is 0 Å². The molecule has 0 saturated carbocycles. The molecule has 0 unspecified atom stereocenters. The molecule has 0 saturated heterocycles. The lowest BCUT2D eigenvalue weighted by Crippen LogP contribution is -2.38. The van der Waals surface area contributed by atoms with Gasteiger partial charge in [0.05, 0.1) is 0 Å². The molecule has 1 aromatic heterocycles. The van der Waals surface area contributed by atoms with E-state index in [1.165, 1.54) is 23.5 Å². The van der Waals surface area contributed by atoms with Crippen molar-refractivity contribution in [1.82, 2.24) is 4.98 Å². The minimum Gasteiger partial charge on any atom is -0.476 e. The van der Waals surface area contributed by atoms with Crippen LogP contribution in [0.5, 0.6) is 0 Å². The van der Waals surface area contributed by atoms with Gasteiger partial charge in [0.25, 0.3) is 0 Å². The Morgan fingerprint density at radius 2 is 1.41 bits per heavy atom. The number of carbonyl (C=O) groups is 2. The van der Waals surface area contributed by atoms with Crippen LogP contribution in [0, 0.1) is 0 Å². The Hall–Kier alpha value is -4.76. The third-order valence-electron chi connectivity index (χ3n) is 5.85. The molecule has 0 amide bonds. The number of oxime groups is 1.